The zero-order valence-corrected chi connectivity index (χ0v) is 11.4. The highest BCUT2D eigenvalue weighted by molar-refractivity contribution is 7.86. The fourth-order valence-corrected chi connectivity index (χ4v) is 2.02. The number of nitrogens with zero attached hydrogens (tertiary/aromatic N) is 3. The van der Waals surface area contributed by atoms with Crippen molar-refractivity contribution in [3.05, 3.63) is 42.5 Å². The predicted octanol–water partition coefficient (Wildman–Crippen LogP) is -2.64. The summed E-state index contributed by atoms with van der Waals surface area (Å²) in [4.78, 5) is 26.1. The fraction of sp³-hybridized carbons (Fsp3) is 0. The minimum Gasteiger partial charge on any atom is -0.412 e. The van der Waals surface area contributed by atoms with Gasteiger partial charge in [0.1, 0.15) is 0 Å². The van der Waals surface area contributed by atoms with E-state index < -0.39 is 46.8 Å². The summed E-state index contributed by atoms with van der Waals surface area (Å²) in [5.74, 6) is 0. The van der Waals surface area contributed by atoms with Gasteiger partial charge in [0.15, 0.2) is 0 Å². The Balaban J connectivity index is -0.000000451. The molecule has 9 N–H and O–H groups in total. The standard InChI is InChI=1S/C6H3N3O9S.4H2O/c10-7(11)3-1-4(8(12)13)6(19(16,17)18)5(2-3)9(14)15;;;;/h1-2H,(H,16,17,18);4*1H2. The van der Waals surface area contributed by atoms with Crippen molar-refractivity contribution in [3.63, 3.8) is 0 Å². The van der Waals surface area contributed by atoms with E-state index in [2.05, 4.69) is 0 Å². The molecule has 0 bridgehead atoms. The molecule has 134 valence electrons. The van der Waals surface area contributed by atoms with Gasteiger partial charge >= 0.3 is 21.5 Å². The van der Waals surface area contributed by atoms with Crippen molar-refractivity contribution in [1.82, 2.24) is 0 Å². The van der Waals surface area contributed by atoms with Gasteiger partial charge in [-0.3, -0.25) is 34.9 Å². The summed E-state index contributed by atoms with van der Waals surface area (Å²) < 4.78 is 30.7. The molecule has 17 heteroatoms. The molecular weight excluding hydrogens is 354 g/mol. The molecule has 1 aromatic rings. The van der Waals surface area contributed by atoms with Gasteiger partial charge in [-0.1, -0.05) is 0 Å². The van der Waals surface area contributed by atoms with E-state index in [0.717, 1.165) is 0 Å². The minimum absolute atomic E-state index is 0. The van der Waals surface area contributed by atoms with Gasteiger partial charge in [0.2, 0.25) is 4.90 Å². The van der Waals surface area contributed by atoms with E-state index in [1.165, 1.54) is 0 Å². The second-order valence-electron chi connectivity index (χ2n) is 3.06. The molecule has 0 aliphatic carbocycles. The van der Waals surface area contributed by atoms with E-state index in [9.17, 15) is 38.8 Å². The van der Waals surface area contributed by atoms with E-state index in [1.54, 1.807) is 0 Å². The van der Waals surface area contributed by atoms with Gasteiger partial charge in [-0.15, -0.1) is 0 Å². The van der Waals surface area contributed by atoms with E-state index in [1.807, 2.05) is 0 Å². The van der Waals surface area contributed by atoms with Gasteiger partial charge < -0.3 is 21.9 Å². The number of non-ortho nitro benzene ring substituents is 1. The van der Waals surface area contributed by atoms with Crippen molar-refractivity contribution >= 4 is 27.2 Å². The molecule has 0 fully saturated rings. The molecule has 0 saturated carbocycles. The van der Waals surface area contributed by atoms with Crippen LogP contribution in [0.15, 0.2) is 17.0 Å². The van der Waals surface area contributed by atoms with Crippen molar-refractivity contribution in [1.29, 1.82) is 0 Å². The molecule has 0 spiro atoms. The van der Waals surface area contributed by atoms with Crippen LogP contribution in [0, 0.1) is 30.3 Å². The Bertz CT molecular complexity index is 663. The highest BCUT2D eigenvalue weighted by Crippen LogP contribution is 2.36. The lowest BCUT2D eigenvalue weighted by Gasteiger charge is -2.01. The van der Waals surface area contributed by atoms with Gasteiger partial charge in [-0.05, 0) is 0 Å². The van der Waals surface area contributed by atoms with Crippen molar-refractivity contribution in [2.75, 3.05) is 0 Å². The van der Waals surface area contributed by atoms with Gasteiger partial charge in [0.25, 0.3) is 5.69 Å². The first kappa shape index (κ1) is 28.3. The largest absolute Gasteiger partial charge is 0.412 e. The number of hydrogen-bond acceptors (Lipinski definition) is 8. The molecule has 23 heavy (non-hydrogen) atoms. The van der Waals surface area contributed by atoms with Gasteiger partial charge in [0.05, 0.1) is 26.9 Å². The van der Waals surface area contributed by atoms with Crippen LogP contribution in [0.25, 0.3) is 0 Å². The highest BCUT2D eigenvalue weighted by Gasteiger charge is 2.37. The number of hydrogen-bond donors (Lipinski definition) is 1. The van der Waals surface area contributed by atoms with Crippen LogP contribution in [0.5, 0.6) is 0 Å². The Hall–Kier alpha value is -2.83. The van der Waals surface area contributed by atoms with Crippen molar-refractivity contribution < 1.29 is 49.6 Å². The average molecular weight is 365 g/mol. The van der Waals surface area contributed by atoms with Crippen LogP contribution in [0.2, 0.25) is 0 Å². The van der Waals surface area contributed by atoms with E-state index in [0.29, 0.717) is 0 Å². The van der Waals surface area contributed by atoms with Crippen molar-refractivity contribution in [3.8, 4) is 0 Å². The molecule has 0 radical (unpaired) electrons. The summed E-state index contributed by atoms with van der Waals surface area (Å²) in [7, 11) is -5.30. The lowest BCUT2D eigenvalue weighted by atomic mass is 10.2. The Morgan fingerprint density at radius 3 is 1.26 bits per heavy atom. The molecule has 0 saturated heterocycles. The van der Waals surface area contributed by atoms with Crippen LogP contribution in [-0.4, -0.2) is 49.6 Å². The van der Waals surface area contributed by atoms with Crippen LogP contribution in [-0.2, 0) is 10.1 Å². The molecule has 0 unspecified atom stereocenters. The van der Waals surface area contributed by atoms with Crippen LogP contribution >= 0.6 is 0 Å². The molecular formula is C6H11N3O13S. The van der Waals surface area contributed by atoms with Crippen LogP contribution in [0.1, 0.15) is 0 Å². The smallest absolute Gasteiger partial charge is 0.308 e. The minimum atomic E-state index is -5.30. The first-order valence-corrected chi connectivity index (χ1v) is 5.58. The second kappa shape index (κ2) is 9.24. The van der Waals surface area contributed by atoms with E-state index in [-0.39, 0.29) is 34.0 Å². The molecule has 0 aliphatic rings. The predicted molar refractivity (Wildman–Crippen MR) is 70.7 cm³/mol. The maximum absolute atomic E-state index is 10.9. The van der Waals surface area contributed by atoms with E-state index in [4.69, 9.17) is 4.55 Å². The third-order valence-electron chi connectivity index (χ3n) is 1.90. The summed E-state index contributed by atoms with van der Waals surface area (Å²) >= 11 is 0. The summed E-state index contributed by atoms with van der Waals surface area (Å²) in [6.45, 7) is 0. The monoisotopic (exact) mass is 365 g/mol. The first-order chi connectivity index (χ1) is 8.55. The molecule has 0 aliphatic heterocycles. The third kappa shape index (κ3) is 5.82. The Kier molecular flexibility index (Phi) is 11.4. The summed E-state index contributed by atoms with van der Waals surface area (Å²) in [5, 5.41) is 31.7. The maximum atomic E-state index is 10.9. The Labute approximate surface area is 125 Å². The molecule has 0 aromatic heterocycles. The SMILES string of the molecule is O.O.O.O.O=[N+]([O-])c1cc([N+](=O)[O-])c(S(=O)(=O)O)c([N+](=O)[O-])c1. The van der Waals surface area contributed by atoms with Crippen LogP contribution in [0.3, 0.4) is 0 Å². The number of rotatable bonds is 4. The maximum Gasteiger partial charge on any atom is 0.308 e. The fourth-order valence-electron chi connectivity index (χ4n) is 1.23. The van der Waals surface area contributed by atoms with Gasteiger partial charge in [0, 0.05) is 0 Å². The first-order valence-electron chi connectivity index (χ1n) is 4.14. The van der Waals surface area contributed by atoms with E-state index >= 15 is 0 Å². The zero-order chi connectivity index (χ0) is 15.0. The highest BCUT2D eigenvalue weighted by atomic mass is 32.2. The van der Waals surface area contributed by atoms with Crippen LogP contribution < -0.4 is 0 Å². The molecule has 1 rings (SSSR count). The lowest BCUT2D eigenvalue weighted by molar-refractivity contribution is -0.407. The number of nitro benzene ring substituents is 3. The Morgan fingerprint density at radius 2 is 1.09 bits per heavy atom. The zero-order valence-electron chi connectivity index (χ0n) is 10.6. The van der Waals surface area contributed by atoms with Gasteiger partial charge in [-0.25, -0.2) is 0 Å². The molecule has 0 atom stereocenters. The second-order valence-corrected chi connectivity index (χ2v) is 4.42. The third-order valence-corrected chi connectivity index (χ3v) is 2.83. The molecule has 16 nitrogen and oxygen atoms in total. The van der Waals surface area contributed by atoms with Gasteiger partial charge in [-0.2, -0.15) is 8.42 Å². The number of nitro groups is 3. The summed E-state index contributed by atoms with van der Waals surface area (Å²) in [6, 6.07) is 0.409. The van der Waals surface area contributed by atoms with Crippen molar-refractivity contribution in [2.45, 2.75) is 4.90 Å². The van der Waals surface area contributed by atoms with Crippen molar-refractivity contribution in [2.24, 2.45) is 0 Å². The summed E-state index contributed by atoms with van der Waals surface area (Å²) in [6.07, 6.45) is 0. The van der Waals surface area contributed by atoms with Crippen LogP contribution in [0.4, 0.5) is 17.1 Å². The quantitative estimate of drug-likeness (QED) is 0.330. The normalized spacial score (nSPS) is 9.09. The lowest BCUT2D eigenvalue weighted by Crippen LogP contribution is -2.08. The molecule has 0 amide bonds. The Morgan fingerprint density at radius 1 is 0.783 bits per heavy atom. The average Bonchev–Trinajstić information content (AvgIpc) is 2.25. The number of benzene rings is 1. The molecule has 0 heterocycles. The summed E-state index contributed by atoms with van der Waals surface area (Å²) in [5.41, 5.74) is -3.96. The molecule has 1 aromatic carbocycles. The topological polar surface area (TPSA) is 310 Å².